The molecule has 1 aromatic carbocycles. The molecule has 2 atom stereocenters. The van der Waals surface area contributed by atoms with Crippen molar-refractivity contribution >= 4 is 11.9 Å². The molecule has 1 unspecified atom stereocenters. The lowest BCUT2D eigenvalue weighted by Crippen LogP contribution is -2.47. The van der Waals surface area contributed by atoms with E-state index in [1.54, 1.807) is 4.90 Å². The number of pyridine rings is 1. The zero-order chi connectivity index (χ0) is 22.7. The summed E-state index contributed by atoms with van der Waals surface area (Å²) in [5.74, 6) is -1.48. The molecule has 3 aromatic rings. The first-order valence-electron chi connectivity index (χ1n) is 10.2. The molecule has 2 aromatic heterocycles. The predicted molar refractivity (Wildman–Crippen MR) is 111 cm³/mol. The second kappa shape index (κ2) is 9.13. The van der Waals surface area contributed by atoms with Gasteiger partial charge in [-0.15, -0.1) is 0 Å². The summed E-state index contributed by atoms with van der Waals surface area (Å²) in [5.41, 5.74) is 0.636. The van der Waals surface area contributed by atoms with Crippen molar-refractivity contribution < 1.29 is 23.8 Å². The van der Waals surface area contributed by atoms with Crippen LogP contribution in [0.3, 0.4) is 0 Å². The van der Waals surface area contributed by atoms with Gasteiger partial charge < -0.3 is 14.7 Å². The Bertz CT molecular complexity index is 1100. The topological polar surface area (TPSA) is 110 Å². The predicted octanol–water partition coefficient (Wildman–Crippen LogP) is 2.82. The molecule has 1 aliphatic rings. The molecule has 10 heteroatoms. The number of likely N-dealkylation sites (tertiary alicyclic amines) is 1. The number of carbonyl (C=O) groups is 2. The summed E-state index contributed by atoms with van der Waals surface area (Å²) in [6.45, 7) is 2.73. The van der Waals surface area contributed by atoms with Crippen LogP contribution in [-0.4, -0.2) is 61.1 Å². The molecular weight excluding hydrogens is 417 g/mol. The first-order chi connectivity index (χ1) is 15.4. The normalized spacial score (nSPS) is 18.4. The zero-order valence-electron chi connectivity index (χ0n) is 17.4. The van der Waals surface area contributed by atoms with Crippen molar-refractivity contribution in [3.05, 3.63) is 65.9 Å². The number of benzene rings is 1. The highest BCUT2D eigenvalue weighted by Gasteiger charge is 2.32. The maximum Gasteiger partial charge on any atom is 0.335 e. The van der Waals surface area contributed by atoms with Gasteiger partial charge in [0.15, 0.2) is 0 Å². The molecule has 1 N–H and O–H groups in total. The van der Waals surface area contributed by atoms with Crippen LogP contribution in [0, 0.1) is 11.7 Å². The van der Waals surface area contributed by atoms with Gasteiger partial charge in [0.1, 0.15) is 5.82 Å². The number of aromatic carboxylic acids is 1. The molecule has 4 rings (SSSR count). The zero-order valence-corrected chi connectivity index (χ0v) is 17.4. The average Bonchev–Trinajstić information content (AvgIpc) is 3.33. The molecule has 9 nitrogen and oxygen atoms in total. The number of aromatic nitrogens is 4. The Balaban J connectivity index is 1.55. The fourth-order valence-electron chi connectivity index (χ4n) is 3.76. The second-order valence-electron chi connectivity index (χ2n) is 7.73. The van der Waals surface area contributed by atoms with E-state index < -0.39 is 11.8 Å². The largest absolute Gasteiger partial charge is 0.478 e. The van der Waals surface area contributed by atoms with Crippen LogP contribution in [0.15, 0.2) is 48.9 Å². The molecule has 0 bridgehead atoms. The minimum Gasteiger partial charge on any atom is -0.478 e. The van der Waals surface area contributed by atoms with Gasteiger partial charge >= 0.3 is 5.97 Å². The van der Waals surface area contributed by atoms with Gasteiger partial charge in [0.25, 0.3) is 5.91 Å². The molecule has 0 aliphatic carbocycles. The number of nitrogens with zero attached hydrogens (tertiary/aromatic N) is 5. The van der Waals surface area contributed by atoms with Crippen molar-refractivity contribution in [1.29, 1.82) is 0 Å². The maximum atomic E-state index is 13.5. The fraction of sp³-hybridized carbons (Fsp3) is 0.318. The first kappa shape index (κ1) is 21.4. The average molecular weight is 439 g/mol. The Morgan fingerprint density at radius 3 is 2.66 bits per heavy atom. The Morgan fingerprint density at radius 2 is 1.97 bits per heavy atom. The lowest BCUT2D eigenvalue weighted by Gasteiger charge is -2.38. The van der Waals surface area contributed by atoms with Gasteiger partial charge in [-0.1, -0.05) is 0 Å². The number of ether oxygens (including phenoxy) is 1. The van der Waals surface area contributed by atoms with Crippen molar-refractivity contribution in [2.45, 2.75) is 25.8 Å². The molecule has 1 saturated heterocycles. The van der Waals surface area contributed by atoms with Gasteiger partial charge in [-0.05, 0) is 44.0 Å². The molecule has 0 radical (unpaired) electrons. The number of carbonyl (C=O) groups excluding carboxylic acids is 1. The van der Waals surface area contributed by atoms with E-state index in [1.165, 1.54) is 47.5 Å². The summed E-state index contributed by atoms with van der Waals surface area (Å²) in [4.78, 5) is 31.9. The first-order valence-corrected chi connectivity index (χ1v) is 10.2. The van der Waals surface area contributed by atoms with E-state index in [1.807, 2.05) is 6.92 Å². The smallest absolute Gasteiger partial charge is 0.335 e. The van der Waals surface area contributed by atoms with Crippen molar-refractivity contribution in [3.63, 3.8) is 0 Å². The van der Waals surface area contributed by atoms with E-state index in [2.05, 4.69) is 15.2 Å². The second-order valence-corrected chi connectivity index (χ2v) is 7.73. The summed E-state index contributed by atoms with van der Waals surface area (Å²) >= 11 is 0. The van der Waals surface area contributed by atoms with Crippen LogP contribution >= 0.6 is 0 Å². The Labute approximate surface area is 183 Å². The number of rotatable bonds is 6. The fourth-order valence-corrected chi connectivity index (χ4v) is 3.76. The summed E-state index contributed by atoms with van der Waals surface area (Å²) in [7, 11) is 0. The minimum absolute atomic E-state index is 0.0104. The maximum absolute atomic E-state index is 13.5. The number of halogens is 1. The third kappa shape index (κ3) is 4.58. The van der Waals surface area contributed by atoms with Gasteiger partial charge in [0, 0.05) is 24.6 Å². The summed E-state index contributed by atoms with van der Waals surface area (Å²) in [6.07, 6.45) is 5.69. The van der Waals surface area contributed by atoms with Gasteiger partial charge in [-0.3, -0.25) is 4.79 Å². The summed E-state index contributed by atoms with van der Waals surface area (Å²) in [5, 5.41) is 17.6. The number of carboxylic acid groups (broad SMARTS) is 1. The molecule has 3 heterocycles. The van der Waals surface area contributed by atoms with Crippen LogP contribution in [0.4, 0.5) is 4.39 Å². The van der Waals surface area contributed by atoms with Crippen LogP contribution in [0.1, 0.15) is 40.5 Å². The molecule has 1 amide bonds. The lowest BCUT2D eigenvalue weighted by molar-refractivity contribution is 0.0502. The molecular formula is C22H22FN5O4. The van der Waals surface area contributed by atoms with E-state index in [0.29, 0.717) is 24.7 Å². The van der Waals surface area contributed by atoms with E-state index in [9.17, 15) is 19.1 Å². The van der Waals surface area contributed by atoms with Crippen LogP contribution in [0.25, 0.3) is 5.69 Å². The quantitative estimate of drug-likeness (QED) is 0.629. The Hall–Kier alpha value is -3.82. The third-order valence-electron chi connectivity index (χ3n) is 5.52. The number of piperidine rings is 1. The van der Waals surface area contributed by atoms with Gasteiger partial charge in [-0.2, -0.15) is 15.0 Å². The van der Waals surface area contributed by atoms with Crippen molar-refractivity contribution in [3.8, 4) is 11.6 Å². The summed E-state index contributed by atoms with van der Waals surface area (Å²) in [6, 6.07) is 7.02. The number of hydrogen-bond acceptors (Lipinski definition) is 6. The van der Waals surface area contributed by atoms with E-state index in [4.69, 9.17) is 4.74 Å². The van der Waals surface area contributed by atoms with Crippen LogP contribution in [0.5, 0.6) is 5.88 Å². The van der Waals surface area contributed by atoms with Crippen molar-refractivity contribution in [2.75, 3.05) is 13.2 Å². The molecule has 166 valence electrons. The van der Waals surface area contributed by atoms with Crippen molar-refractivity contribution in [1.82, 2.24) is 24.9 Å². The monoisotopic (exact) mass is 439 g/mol. The van der Waals surface area contributed by atoms with Crippen molar-refractivity contribution in [2.24, 2.45) is 5.92 Å². The molecule has 1 aliphatic heterocycles. The minimum atomic E-state index is -1.12. The van der Waals surface area contributed by atoms with E-state index >= 15 is 0 Å². The third-order valence-corrected chi connectivity index (χ3v) is 5.52. The highest BCUT2D eigenvalue weighted by molar-refractivity contribution is 6.00. The standard InChI is InChI=1S/C22H22FN5O4/c1-14-2-3-15(13-32-20-7-5-17(23)11-24-20)12-27(14)21(29)18-10-16(22(30)31)4-6-19(18)28-25-8-9-26-28/h4-11,14-15H,2-3,12-13H2,1H3,(H,30,31)/t14-,15?/m0/s1. The van der Waals surface area contributed by atoms with Crippen LogP contribution in [-0.2, 0) is 0 Å². The van der Waals surface area contributed by atoms with Gasteiger partial charge in [0.05, 0.1) is 42.0 Å². The van der Waals surface area contributed by atoms with E-state index in [-0.39, 0.29) is 29.0 Å². The Morgan fingerprint density at radius 1 is 1.19 bits per heavy atom. The molecule has 0 saturated carbocycles. The molecule has 0 spiro atoms. The van der Waals surface area contributed by atoms with Crippen LogP contribution < -0.4 is 4.74 Å². The summed E-state index contributed by atoms with van der Waals surface area (Å²) < 4.78 is 18.7. The molecule has 32 heavy (non-hydrogen) atoms. The van der Waals surface area contributed by atoms with Gasteiger partial charge in [0.2, 0.25) is 5.88 Å². The lowest BCUT2D eigenvalue weighted by atomic mass is 9.93. The SMILES string of the molecule is C[C@H]1CCC(COc2ccc(F)cn2)CN1C(=O)c1cc(C(=O)O)ccc1-n1nccn1. The highest BCUT2D eigenvalue weighted by atomic mass is 19.1. The number of carboxylic acids is 1. The number of amides is 1. The molecule has 1 fully saturated rings. The van der Waals surface area contributed by atoms with Crippen LogP contribution in [0.2, 0.25) is 0 Å². The highest BCUT2D eigenvalue weighted by Crippen LogP contribution is 2.27. The van der Waals surface area contributed by atoms with Gasteiger partial charge in [-0.25, -0.2) is 14.2 Å². The Kier molecular flexibility index (Phi) is 6.11. The van der Waals surface area contributed by atoms with E-state index in [0.717, 1.165) is 19.0 Å². The number of hydrogen-bond donors (Lipinski definition) is 1.